The number of nitrogens with two attached hydrogens (primary N) is 1. The lowest BCUT2D eigenvalue weighted by Gasteiger charge is -2.04. The van der Waals surface area contributed by atoms with Crippen LogP contribution in [0.15, 0.2) is 22.6 Å². The first-order valence-corrected chi connectivity index (χ1v) is 5.64. The first kappa shape index (κ1) is 11.4. The monoisotopic (exact) mass is 241 g/mol. The van der Waals surface area contributed by atoms with Gasteiger partial charge in [-0.3, -0.25) is 0 Å². The van der Waals surface area contributed by atoms with Crippen molar-refractivity contribution in [2.45, 2.75) is 25.8 Å². The summed E-state index contributed by atoms with van der Waals surface area (Å²) in [6.07, 6.45) is 1.77. The third-order valence-electron chi connectivity index (χ3n) is 2.57. The van der Waals surface area contributed by atoms with Gasteiger partial charge in [0, 0.05) is 0 Å². The van der Waals surface area contributed by atoms with E-state index in [2.05, 4.69) is 0 Å². The Morgan fingerprint density at radius 2 is 2.25 bits per heavy atom. The number of furan rings is 1. The van der Waals surface area contributed by atoms with Gasteiger partial charge in [0.25, 0.3) is 0 Å². The third-order valence-corrected chi connectivity index (χ3v) is 2.86. The van der Waals surface area contributed by atoms with Crippen LogP contribution in [0.25, 0.3) is 11.0 Å². The fourth-order valence-corrected chi connectivity index (χ4v) is 1.87. The van der Waals surface area contributed by atoms with Gasteiger partial charge in [-0.2, -0.15) is 0 Å². The molecule has 4 heteroatoms. The van der Waals surface area contributed by atoms with Gasteiger partial charge in [0.1, 0.15) is 11.3 Å². The summed E-state index contributed by atoms with van der Waals surface area (Å²) in [6.45, 7) is 2.04. The molecule has 16 heavy (non-hydrogen) atoms. The predicted molar refractivity (Wildman–Crippen MR) is 63.0 cm³/mol. The van der Waals surface area contributed by atoms with E-state index in [0.717, 1.165) is 12.8 Å². The van der Waals surface area contributed by atoms with Gasteiger partial charge in [0.15, 0.2) is 5.82 Å². The number of hydrogen-bond acceptors (Lipinski definition) is 2. The summed E-state index contributed by atoms with van der Waals surface area (Å²) in [7, 11) is 0. The molecule has 1 heterocycles. The van der Waals surface area contributed by atoms with Crippen molar-refractivity contribution in [3.05, 3.63) is 34.8 Å². The largest absolute Gasteiger partial charge is 0.459 e. The molecule has 1 aromatic heterocycles. The zero-order valence-electron chi connectivity index (χ0n) is 8.97. The summed E-state index contributed by atoms with van der Waals surface area (Å²) in [4.78, 5) is 0. The fraction of sp³-hybridized carbons (Fsp3) is 0.333. The van der Waals surface area contributed by atoms with Gasteiger partial charge in [-0.15, -0.1) is 0 Å². The lowest BCUT2D eigenvalue weighted by atomic mass is 10.1. The lowest BCUT2D eigenvalue weighted by molar-refractivity contribution is 0.475. The number of hydrogen-bond donors (Lipinski definition) is 1. The van der Waals surface area contributed by atoms with Crippen molar-refractivity contribution in [3.8, 4) is 0 Å². The molecule has 0 aliphatic carbocycles. The average molecular weight is 242 g/mol. The van der Waals surface area contributed by atoms with Gasteiger partial charge in [0.05, 0.1) is 16.5 Å². The second-order valence-electron chi connectivity index (χ2n) is 3.82. The Labute approximate surface area is 98.2 Å². The Bertz CT molecular complexity index is 509. The molecule has 2 nitrogen and oxygen atoms in total. The molecule has 0 aliphatic heterocycles. The summed E-state index contributed by atoms with van der Waals surface area (Å²) >= 11 is 5.69. The zero-order chi connectivity index (χ0) is 11.7. The fourth-order valence-electron chi connectivity index (χ4n) is 1.71. The molecule has 0 aliphatic rings. The van der Waals surface area contributed by atoms with Crippen LogP contribution in [-0.2, 0) is 0 Å². The van der Waals surface area contributed by atoms with Crippen LogP contribution in [0.5, 0.6) is 0 Å². The normalized spacial score (nSPS) is 13.2. The van der Waals surface area contributed by atoms with Gasteiger partial charge in [-0.05, 0) is 24.6 Å². The molecule has 0 spiro atoms. The van der Waals surface area contributed by atoms with E-state index in [9.17, 15) is 4.39 Å². The number of rotatable bonds is 3. The Morgan fingerprint density at radius 1 is 1.50 bits per heavy atom. The van der Waals surface area contributed by atoms with Crippen molar-refractivity contribution >= 4 is 22.6 Å². The van der Waals surface area contributed by atoms with E-state index < -0.39 is 5.82 Å². The number of halogens is 2. The molecule has 2 rings (SSSR count). The van der Waals surface area contributed by atoms with E-state index in [1.165, 1.54) is 6.07 Å². The number of fused-ring (bicyclic) bond motifs is 1. The highest BCUT2D eigenvalue weighted by Gasteiger charge is 2.15. The third kappa shape index (κ3) is 1.93. The predicted octanol–water partition coefficient (Wildman–Crippen LogP) is 4.03. The molecule has 0 fully saturated rings. The van der Waals surface area contributed by atoms with E-state index in [-0.39, 0.29) is 11.1 Å². The summed E-state index contributed by atoms with van der Waals surface area (Å²) in [5, 5.41) is 0.498. The van der Waals surface area contributed by atoms with Crippen LogP contribution < -0.4 is 5.73 Å². The van der Waals surface area contributed by atoms with Crippen molar-refractivity contribution in [1.82, 2.24) is 0 Å². The SMILES string of the molecule is CCC[C@@H](N)c1cc2c(F)c(Cl)ccc2o1. The minimum absolute atomic E-state index is 0.101. The van der Waals surface area contributed by atoms with Crippen LogP contribution in [0.1, 0.15) is 31.6 Å². The average Bonchev–Trinajstić information content (AvgIpc) is 2.69. The van der Waals surface area contributed by atoms with Gasteiger partial charge in [-0.1, -0.05) is 24.9 Å². The van der Waals surface area contributed by atoms with E-state index in [0.29, 0.717) is 16.7 Å². The van der Waals surface area contributed by atoms with Gasteiger partial charge >= 0.3 is 0 Å². The molecule has 2 aromatic rings. The summed E-state index contributed by atoms with van der Waals surface area (Å²) in [6, 6.07) is 4.59. The second kappa shape index (κ2) is 4.44. The van der Waals surface area contributed by atoms with Crippen molar-refractivity contribution in [1.29, 1.82) is 0 Å². The quantitative estimate of drug-likeness (QED) is 0.881. The van der Waals surface area contributed by atoms with Crippen molar-refractivity contribution < 1.29 is 8.81 Å². The Morgan fingerprint density at radius 3 is 2.94 bits per heavy atom. The number of benzene rings is 1. The standard InChI is InChI=1S/C12H13ClFNO/c1-2-3-9(15)11-6-7-10(16-11)5-4-8(13)12(7)14/h4-6,9H,2-3,15H2,1H3/t9-/m1/s1. The summed E-state index contributed by atoms with van der Waals surface area (Å²) < 4.78 is 19.1. The zero-order valence-corrected chi connectivity index (χ0v) is 9.72. The topological polar surface area (TPSA) is 39.2 Å². The van der Waals surface area contributed by atoms with Crippen molar-refractivity contribution in [2.24, 2.45) is 5.73 Å². The molecule has 0 saturated heterocycles. The molecule has 86 valence electrons. The first-order valence-electron chi connectivity index (χ1n) is 5.26. The van der Waals surface area contributed by atoms with Crippen LogP contribution in [0.4, 0.5) is 4.39 Å². The van der Waals surface area contributed by atoms with Crippen LogP contribution in [0.2, 0.25) is 5.02 Å². The van der Waals surface area contributed by atoms with Crippen molar-refractivity contribution in [2.75, 3.05) is 0 Å². The van der Waals surface area contributed by atoms with Crippen molar-refractivity contribution in [3.63, 3.8) is 0 Å². The van der Waals surface area contributed by atoms with E-state index in [1.54, 1.807) is 12.1 Å². The molecule has 0 saturated carbocycles. The highest BCUT2D eigenvalue weighted by Crippen LogP contribution is 2.30. The minimum Gasteiger partial charge on any atom is -0.459 e. The van der Waals surface area contributed by atoms with Crippen LogP contribution >= 0.6 is 11.6 Å². The van der Waals surface area contributed by atoms with E-state index in [1.807, 2.05) is 6.92 Å². The maximum Gasteiger partial charge on any atom is 0.152 e. The van der Waals surface area contributed by atoms with E-state index >= 15 is 0 Å². The first-order chi connectivity index (χ1) is 7.63. The molecule has 2 N–H and O–H groups in total. The molecule has 0 amide bonds. The van der Waals surface area contributed by atoms with Crippen LogP contribution in [-0.4, -0.2) is 0 Å². The molecular weight excluding hydrogens is 229 g/mol. The van der Waals surface area contributed by atoms with Gasteiger partial charge in [0.2, 0.25) is 0 Å². The highest BCUT2D eigenvalue weighted by atomic mass is 35.5. The van der Waals surface area contributed by atoms with E-state index in [4.69, 9.17) is 21.8 Å². The summed E-state index contributed by atoms with van der Waals surface area (Å²) in [5.74, 6) is 0.163. The van der Waals surface area contributed by atoms with Gasteiger partial charge < -0.3 is 10.2 Å². The highest BCUT2D eigenvalue weighted by molar-refractivity contribution is 6.31. The maximum atomic E-state index is 13.6. The van der Waals surface area contributed by atoms with Gasteiger partial charge in [-0.25, -0.2) is 4.39 Å². The Balaban J connectivity index is 2.48. The smallest absolute Gasteiger partial charge is 0.152 e. The Kier molecular flexibility index (Phi) is 3.17. The molecular formula is C12H13ClFNO. The molecule has 0 radical (unpaired) electrons. The van der Waals surface area contributed by atoms with Crippen LogP contribution in [0.3, 0.4) is 0 Å². The maximum absolute atomic E-state index is 13.6. The van der Waals surface area contributed by atoms with Crippen LogP contribution in [0, 0.1) is 5.82 Å². The second-order valence-corrected chi connectivity index (χ2v) is 4.22. The molecule has 0 unspecified atom stereocenters. The molecule has 1 atom stereocenters. The minimum atomic E-state index is -0.446. The molecule has 1 aromatic carbocycles. The molecule has 0 bridgehead atoms. The summed E-state index contributed by atoms with van der Waals surface area (Å²) in [5.41, 5.74) is 6.40. The lowest BCUT2D eigenvalue weighted by Crippen LogP contribution is -2.08. The Hall–Kier alpha value is -1.06.